The van der Waals surface area contributed by atoms with Crippen molar-refractivity contribution in [3.63, 3.8) is 0 Å². The van der Waals surface area contributed by atoms with Crippen LogP contribution >= 0.6 is 11.8 Å². The average Bonchev–Trinajstić information content (AvgIpc) is 2.64. The fourth-order valence-electron chi connectivity index (χ4n) is 1.58. The number of nitrogens with two attached hydrogens (primary N) is 1. The van der Waals surface area contributed by atoms with Crippen LogP contribution in [0.2, 0.25) is 0 Å². The summed E-state index contributed by atoms with van der Waals surface area (Å²) in [6, 6.07) is 0.198. The normalized spacial score (nSPS) is 12.5. The number of anilines is 1. The molecule has 1 unspecified atom stereocenters. The molecular formula is C11H20N4OS. The second-order valence-electron chi connectivity index (χ2n) is 4.16. The minimum atomic E-state index is -0.0673. The Bertz CT molecular complexity index is 371. The second-order valence-corrected chi connectivity index (χ2v) is 5.14. The topological polar surface area (TPSA) is 75.0 Å². The summed E-state index contributed by atoms with van der Waals surface area (Å²) in [7, 11) is 1.80. The van der Waals surface area contributed by atoms with Crippen LogP contribution in [-0.2, 0) is 0 Å². The third-order valence-corrected chi connectivity index (χ3v) is 3.55. The maximum Gasteiger partial charge on any atom is 0.259 e. The first-order valence-corrected chi connectivity index (χ1v) is 6.95. The number of amides is 1. The molecule has 1 amide bonds. The van der Waals surface area contributed by atoms with Crippen LogP contribution < -0.4 is 5.73 Å². The molecular weight excluding hydrogens is 236 g/mol. The zero-order valence-corrected chi connectivity index (χ0v) is 11.6. The first-order chi connectivity index (χ1) is 7.99. The number of hydrogen-bond donors (Lipinski definition) is 2. The van der Waals surface area contributed by atoms with Crippen LogP contribution in [0.15, 0.2) is 0 Å². The number of rotatable bonds is 5. The van der Waals surface area contributed by atoms with E-state index in [9.17, 15) is 4.79 Å². The Kier molecular flexibility index (Phi) is 4.86. The number of aryl methyl sites for hydroxylation is 1. The third-order valence-electron chi connectivity index (χ3n) is 2.91. The first kappa shape index (κ1) is 13.9. The van der Waals surface area contributed by atoms with E-state index in [0.717, 1.165) is 17.9 Å². The van der Waals surface area contributed by atoms with E-state index in [4.69, 9.17) is 5.73 Å². The summed E-state index contributed by atoms with van der Waals surface area (Å²) in [5, 5.41) is 6.57. The zero-order valence-electron chi connectivity index (χ0n) is 10.8. The van der Waals surface area contributed by atoms with E-state index in [1.54, 1.807) is 30.6 Å². The van der Waals surface area contributed by atoms with Gasteiger partial charge in [-0.05, 0) is 32.3 Å². The van der Waals surface area contributed by atoms with Gasteiger partial charge in [0, 0.05) is 18.8 Å². The van der Waals surface area contributed by atoms with Crippen LogP contribution in [0.4, 0.5) is 5.82 Å². The van der Waals surface area contributed by atoms with Crippen molar-refractivity contribution < 1.29 is 4.79 Å². The monoisotopic (exact) mass is 256 g/mol. The number of nitrogen functional groups attached to an aromatic ring is 1. The predicted octanol–water partition coefficient (Wildman–Crippen LogP) is 1.51. The standard InChI is InChI=1S/C11H20N4OS/c1-7(5-6-17-4)15(3)11(16)9-8(2)13-14-10(9)12/h7H,5-6H2,1-4H3,(H3,12,13,14). The summed E-state index contributed by atoms with van der Waals surface area (Å²) in [6.45, 7) is 3.84. The minimum absolute atomic E-state index is 0.0673. The molecule has 1 aromatic heterocycles. The Morgan fingerprint density at radius 2 is 2.29 bits per heavy atom. The fraction of sp³-hybridized carbons (Fsp3) is 0.636. The smallest absolute Gasteiger partial charge is 0.259 e. The molecule has 0 aromatic carbocycles. The molecule has 6 heteroatoms. The van der Waals surface area contributed by atoms with Crippen molar-refractivity contribution in [1.82, 2.24) is 15.1 Å². The number of carbonyl (C=O) groups is 1. The number of nitrogens with one attached hydrogen (secondary N) is 1. The largest absolute Gasteiger partial charge is 0.382 e. The molecule has 0 radical (unpaired) electrons. The summed E-state index contributed by atoms with van der Waals surface area (Å²) in [5.74, 6) is 1.25. The quantitative estimate of drug-likeness (QED) is 0.837. The van der Waals surface area contributed by atoms with Gasteiger partial charge in [-0.15, -0.1) is 0 Å². The number of aromatic nitrogens is 2. The average molecular weight is 256 g/mol. The lowest BCUT2D eigenvalue weighted by Gasteiger charge is -2.24. The molecule has 1 rings (SSSR count). The van der Waals surface area contributed by atoms with Crippen molar-refractivity contribution in [2.24, 2.45) is 0 Å². The molecule has 1 atom stereocenters. The van der Waals surface area contributed by atoms with E-state index in [1.165, 1.54) is 0 Å². The Morgan fingerprint density at radius 3 is 2.76 bits per heavy atom. The van der Waals surface area contributed by atoms with Crippen molar-refractivity contribution in [3.8, 4) is 0 Å². The van der Waals surface area contributed by atoms with Gasteiger partial charge in [-0.25, -0.2) is 0 Å². The molecule has 1 aromatic rings. The number of thioether (sulfide) groups is 1. The van der Waals surface area contributed by atoms with Crippen molar-refractivity contribution in [2.45, 2.75) is 26.3 Å². The predicted molar refractivity (Wildman–Crippen MR) is 72.3 cm³/mol. The van der Waals surface area contributed by atoms with E-state index in [0.29, 0.717) is 5.56 Å². The molecule has 17 heavy (non-hydrogen) atoms. The van der Waals surface area contributed by atoms with Gasteiger partial charge in [0.05, 0.1) is 0 Å². The molecule has 5 nitrogen and oxygen atoms in total. The van der Waals surface area contributed by atoms with Gasteiger partial charge in [0.15, 0.2) is 5.82 Å². The molecule has 1 heterocycles. The van der Waals surface area contributed by atoms with Crippen LogP contribution in [0.1, 0.15) is 29.4 Å². The lowest BCUT2D eigenvalue weighted by Crippen LogP contribution is -2.36. The first-order valence-electron chi connectivity index (χ1n) is 5.55. The molecule has 0 saturated heterocycles. The van der Waals surface area contributed by atoms with Gasteiger partial charge in [0.2, 0.25) is 0 Å². The summed E-state index contributed by atoms with van der Waals surface area (Å²) >= 11 is 1.78. The van der Waals surface area contributed by atoms with Crippen molar-refractivity contribution in [3.05, 3.63) is 11.3 Å². The second kappa shape index (κ2) is 5.95. The lowest BCUT2D eigenvalue weighted by atomic mass is 10.1. The highest BCUT2D eigenvalue weighted by Crippen LogP contribution is 2.17. The van der Waals surface area contributed by atoms with Gasteiger partial charge in [-0.1, -0.05) is 0 Å². The summed E-state index contributed by atoms with van der Waals surface area (Å²) in [5.41, 5.74) is 6.89. The van der Waals surface area contributed by atoms with Crippen molar-refractivity contribution in [1.29, 1.82) is 0 Å². The van der Waals surface area contributed by atoms with Gasteiger partial charge in [-0.2, -0.15) is 16.9 Å². The van der Waals surface area contributed by atoms with Crippen molar-refractivity contribution in [2.75, 3.05) is 24.8 Å². The highest BCUT2D eigenvalue weighted by atomic mass is 32.2. The molecule has 96 valence electrons. The lowest BCUT2D eigenvalue weighted by molar-refractivity contribution is 0.0742. The summed E-state index contributed by atoms with van der Waals surface area (Å²) in [6.07, 6.45) is 3.03. The number of nitrogens with zero attached hydrogens (tertiary/aromatic N) is 2. The van der Waals surface area contributed by atoms with Crippen LogP contribution in [0, 0.1) is 6.92 Å². The number of H-pyrrole nitrogens is 1. The molecule has 0 aliphatic heterocycles. The highest BCUT2D eigenvalue weighted by molar-refractivity contribution is 7.98. The van der Waals surface area contributed by atoms with Crippen LogP contribution in [0.5, 0.6) is 0 Å². The number of aromatic amines is 1. The van der Waals surface area contributed by atoms with Gasteiger partial charge < -0.3 is 10.6 Å². The minimum Gasteiger partial charge on any atom is -0.382 e. The van der Waals surface area contributed by atoms with E-state index < -0.39 is 0 Å². The molecule has 0 saturated carbocycles. The third kappa shape index (κ3) is 3.15. The van der Waals surface area contributed by atoms with Crippen LogP contribution in [0.3, 0.4) is 0 Å². The maximum atomic E-state index is 12.2. The Hall–Kier alpha value is -1.17. The van der Waals surface area contributed by atoms with Crippen molar-refractivity contribution >= 4 is 23.5 Å². The Labute approximate surface area is 106 Å². The maximum absolute atomic E-state index is 12.2. The van der Waals surface area contributed by atoms with Gasteiger partial charge in [-0.3, -0.25) is 9.89 Å². The molecule has 0 bridgehead atoms. The summed E-state index contributed by atoms with van der Waals surface area (Å²) in [4.78, 5) is 14.0. The van der Waals surface area contributed by atoms with Crippen LogP contribution in [-0.4, -0.2) is 46.1 Å². The molecule has 3 N–H and O–H groups in total. The molecule has 0 fully saturated rings. The molecule has 0 aliphatic carbocycles. The summed E-state index contributed by atoms with van der Waals surface area (Å²) < 4.78 is 0. The van der Waals surface area contributed by atoms with E-state index in [1.807, 2.05) is 6.92 Å². The van der Waals surface area contributed by atoms with Gasteiger partial charge >= 0.3 is 0 Å². The van der Waals surface area contributed by atoms with Gasteiger partial charge in [0.1, 0.15) is 5.56 Å². The Morgan fingerprint density at radius 1 is 1.65 bits per heavy atom. The fourth-order valence-corrected chi connectivity index (χ4v) is 2.15. The SMILES string of the molecule is CSCCC(C)N(C)C(=O)c1c(N)n[nH]c1C. The molecule has 0 aliphatic rings. The zero-order chi connectivity index (χ0) is 13.0. The number of carbonyl (C=O) groups excluding carboxylic acids is 1. The highest BCUT2D eigenvalue weighted by Gasteiger charge is 2.22. The van der Waals surface area contributed by atoms with E-state index in [2.05, 4.69) is 16.5 Å². The van der Waals surface area contributed by atoms with E-state index >= 15 is 0 Å². The Balaban J connectivity index is 2.76. The van der Waals surface area contributed by atoms with Gasteiger partial charge in [0.25, 0.3) is 5.91 Å². The van der Waals surface area contributed by atoms with Crippen LogP contribution in [0.25, 0.3) is 0 Å². The molecule has 0 spiro atoms. The van der Waals surface area contributed by atoms with E-state index in [-0.39, 0.29) is 17.8 Å². The number of hydrogen-bond acceptors (Lipinski definition) is 4.